The van der Waals surface area contributed by atoms with Crippen molar-refractivity contribution < 1.29 is 0 Å². The lowest BCUT2D eigenvalue weighted by atomic mass is 10.0. The SMILES string of the molecule is CC1=NC(C)C(C)=C2CC(N3CCC3)CN12. The summed E-state index contributed by atoms with van der Waals surface area (Å²) in [6.07, 6.45) is 2.63. The molecule has 2 atom stereocenters. The van der Waals surface area contributed by atoms with E-state index in [0.717, 1.165) is 12.6 Å². The van der Waals surface area contributed by atoms with E-state index in [-0.39, 0.29) is 0 Å². The van der Waals surface area contributed by atoms with E-state index < -0.39 is 0 Å². The van der Waals surface area contributed by atoms with Gasteiger partial charge in [-0.1, -0.05) is 0 Å². The summed E-state index contributed by atoms with van der Waals surface area (Å²) in [5, 5.41) is 0. The predicted molar refractivity (Wildman–Crippen MR) is 66.6 cm³/mol. The molecule has 0 bridgehead atoms. The molecule has 0 amide bonds. The Morgan fingerprint density at radius 3 is 2.62 bits per heavy atom. The van der Waals surface area contributed by atoms with E-state index in [2.05, 4.69) is 30.6 Å². The number of amidine groups is 1. The first-order chi connectivity index (χ1) is 7.66. The lowest BCUT2D eigenvalue weighted by Crippen LogP contribution is -2.46. The molecule has 0 radical (unpaired) electrons. The molecule has 3 rings (SSSR count). The van der Waals surface area contributed by atoms with Gasteiger partial charge in [0.25, 0.3) is 0 Å². The molecule has 3 heteroatoms. The number of fused-ring (bicyclic) bond motifs is 1. The van der Waals surface area contributed by atoms with E-state index in [1.165, 1.54) is 37.3 Å². The molecule has 2 unspecified atom stereocenters. The Morgan fingerprint density at radius 2 is 2.00 bits per heavy atom. The standard InChI is InChI=1S/C13H21N3/c1-9-10(2)14-11(3)16-8-12(7-13(9)16)15-5-4-6-15/h10,12H,4-8H2,1-3H3. The predicted octanol–water partition coefficient (Wildman–Crippen LogP) is 1.86. The van der Waals surface area contributed by atoms with Crippen LogP contribution in [-0.4, -0.2) is 47.4 Å². The van der Waals surface area contributed by atoms with Gasteiger partial charge in [0.05, 0.1) is 6.04 Å². The van der Waals surface area contributed by atoms with Crippen LogP contribution in [0.2, 0.25) is 0 Å². The van der Waals surface area contributed by atoms with E-state index in [4.69, 9.17) is 4.99 Å². The van der Waals surface area contributed by atoms with E-state index in [1.54, 1.807) is 5.70 Å². The van der Waals surface area contributed by atoms with Crippen molar-refractivity contribution >= 4 is 5.84 Å². The van der Waals surface area contributed by atoms with Gasteiger partial charge in [0.15, 0.2) is 0 Å². The van der Waals surface area contributed by atoms with Gasteiger partial charge in [-0.3, -0.25) is 9.89 Å². The number of aliphatic imine (C=N–C) groups is 1. The molecule has 2 fully saturated rings. The molecule has 0 aromatic heterocycles. The average Bonchev–Trinajstić information content (AvgIpc) is 2.57. The van der Waals surface area contributed by atoms with Crippen molar-refractivity contribution in [2.45, 2.75) is 45.7 Å². The molecular weight excluding hydrogens is 198 g/mol. The lowest BCUT2D eigenvalue weighted by molar-refractivity contribution is 0.125. The van der Waals surface area contributed by atoms with Crippen molar-refractivity contribution in [3.63, 3.8) is 0 Å². The summed E-state index contributed by atoms with van der Waals surface area (Å²) in [5.41, 5.74) is 3.03. The molecule has 3 aliphatic rings. The maximum absolute atomic E-state index is 4.71. The quantitative estimate of drug-likeness (QED) is 0.670. The summed E-state index contributed by atoms with van der Waals surface area (Å²) < 4.78 is 0. The highest BCUT2D eigenvalue weighted by molar-refractivity contribution is 5.83. The third-order valence-corrected chi connectivity index (χ3v) is 4.41. The molecule has 0 N–H and O–H groups in total. The smallest absolute Gasteiger partial charge is 0.101 e. The van der Waals surface area contributed by atoms with Crippen LogP contribution < -0.4 is 0 Å². The van der Waals surface area contributed by atoms with Crippen LogP contribution in [0.4, 0.5) is 0 Å². The summed E-state index contributed by atoms with van der Waals surface area (Å²) in [7, 11) is 0. The van der Waals surface area contributed by atoms with Crippen molar-refractivity contribution in [3.05, 3.63) is 11.3 Å². The van der Waals surface area contributed by atoms with Gasteiger partial charge in [0.1, 0.15) is 5.84 Å². The molecule has 16 heavy (non-hydrogen) atoms. The van der Waals surface area contributed by atoms with Crippen molar-refractivity contribution in [2.75, 3.05) is 19.6 Å². The highest BCUT2D eigenvalue weighted by Gasteiger charge is 2.37. The zero-order valence-corrected chi connectivity index (χ0v) is 10.5. The van der Waals surface area contributed by atoms with E-state index in [1.807, 2.05) is 0 Å². The zero-order valence-electron chi connectivity index (χ0n) is 10.5. The second kappa shape index (κ2) is 3.59. The largest absolute Gasteiger partial charge is 0.332 e. The maximum atomic E-state index is 4.71. The Morgan fingerprint density at radius 1 is 1.25 bits per heavy atom. The fraction of sp³-hybridized carbons (Fsp3) is 0.769. The van der Waals surface area contributed by atoms with Crippen LogP contribution >= 0.6 is 0 Å². The van der Waals surface area contributed by atoms with Crippen LogP contribution in [0.15, 0.2) is 16.3 Å². The molecule has 2 saturated heterocycles. The van der Waals surface area contributed by atoms with Gasteiger partial charge >= 0.3 is 0 Å². The van der Waals surface area contributed by atoms with Crippen molar-refractivity contribution in [3.8, 4) is 0 Å². The van der Waals surface area contributed by atoms with Crippen molar-refractivity contribution in [1.82, 2.24) is 9.80 Å². The molecule has 88 valence electrons. The van der Waals surface area contributed by atoms with Crippen LogP contribution in [-0.2, 0) is 0 Å². The summed E-state index contributed by atoms with van der Waals surface area (Å²) >= 11 is 0. The van der Waals surface area contributed by atoms with E-state index in [0.29, 0.717) is 6.04 Å². The second-order valence-electron chi connectivity index (χ2n) is 5.34. The summed E-state index contributed by atoms with van der Waals surface area (Å²) in [6.45, 7) is 10.4. The van der Waals surface area contributed by atoms with Gasteiger partial charge in [-0.05, 0) is 45.9 Å². The van der Waals surface area contributed by atoms with Crippen LogP contribution in [0.1, 0.15) is 33.6 Å². The normalized spacial score (nSPS) is 34.9. The second-order valence-corrected chi connectivity index (χ2v) is 5.34. The van der Waals surface area contributed by atoms with Crippen molar-refractivity contribution in [1.29, 1.82) is 0 Å². The van der Waals surface area contributed by atoms with Crippen LogP contribution in [0.3, 0.4) is 0 Å². The molecule has 3 nitrogen and oxygen atoms in total. The van der Waals surface area contributed by atoms with E-state index >= 15 is 0 Å². The van der Waals surface area contributed by atoms with Crippen LogP contribution in [0, 0.1) is 0 Å². The molecule has 3 aliphatic heterocycles. The Hall–Kier alpha value is -0.830. The van der Waals surface area contributed by atoms with Gasteiger partial charge in [-0.15, -0.1) is 0 Å². The van der Waals surface area contributed by atoms with E-state index in [9.17, 15) is 0 Å². The van der Waals surface area contributed by atoms with Crippen LogP contribution in [0.25, 0.3) is 0 Å². The minimum atomic E-state index is 0.390. The highest BCUT2D eigenvalue weighted by Crippen LogP contribution is 2.34. The van der Waals surface area contributed by atoms with Gasteiger partial charge in [0, 0.05) is 24.7 Å². The summed E-state index contributed by atoms with van der Waals surface area (Å²) in [6, 6.07) is 1.13. The lowest BCUT2D eigenvalue weighted by Gasteiger charge is -2.36. The Bertz CT molecular complexity index is 365. The average molecular weight is 219 g/mol. The minimum absolute atomic E-state index is 0.390. The zero-order chi connectivity index (χ0) is 11.3. The summed E-state index contributed by atoms with van der Waals surface area (Å²) in [4.78, 5) is 9.77. The number of likely N-dealkylation sites (tertiary alicyclic amines) is 1. The molecule has 0 saturated carbocycles. The molecule has 3 heterocycles. The highest BCUT2D eigenvalue weighted by atomic mass is 15.3. The Kier molecular flexibility index (Phi) is 2.32. The third-order valence-electron chi connectivity index (χ3n) is 4.41. The van der Waals surface area contributed by atoms with Gasteiger partial charge in [0.2, 0.25) is 0 Å². The number of hydrogen-bond acceptors (Lipinski definition) is 3. The fourth-order valence-electron chi connectivity index (χ4n) is 3.06. The monoisotopic (exact) mass is 219 g/mol. The first kappa shape index (κ1) is 10.3. The van der Waals surface area contributed by atoms with Crippen molar-refractivity contribution in [2.24, 2.45) is 4.99 Å². The Balaban J connectivity index is 1.84. The molecule has 0 spiro atoms. The fourth-order valence-corrected chi connectivity index (χ4v) is 3.06. The molecule has 0 aromatic carbocycles. The van der Waals surface area contributed by atoms with Gasteiger partial charge in [-0.25, -0.2) is 0 Å². The maximum Gasteiger partial charge on any atom is 0.101 e. The minimum Gasteiger partial charge on any atom is -0.332 e. The number of nitrogens with zero attached hydrogens (tertiary/aromatic N) is 3. The molecule has 0 aliphatic carbocycles. The summed E-state index contributed by atoms with van der Waals surface area (Å²) in [5.74, 6) is 1.22. The molecular formula is C13H21N3. The third kappa shape index (κ3) is 1.41. The molecule has 0 aromatic rings. The first-order valence-electron chi connectivity index (χ1n) is 6.42. The Labute approximate surface area is 97.8 Å². The van der Waals surface area contributed by atoms with Gasteiger partial charge < -0.3 is 4.90 Å². The number of hydrogen-bond donors (Lipinski definition) is 0. The first-order valence-corrected chi connectivity index (χ1v) is 6.42. The number of rotatable bonds is 1. The van der Waals surface area contributed by atoms with Gasteiger partial charge in [-0.2, -0.15) is 0 Å². The topological polar surface area (TPSA) is 18.8 Å². The van der Waals surface area contributed by atoms with Crippen LogP contribution in [0.5, 0.6) is 0 Å².